The van der Waals surface area contributed by atoms with Crippen LogP contribution in [-0.4, -0.2) is 79.7 Å². The average molecular weight is 493 g/mol. The summed E-state index contributed by atoms with van der Waals surface area (Å²) in [5, 5.41) is 12.1. The molecule has 3 N–H and O–H groups in total. The zero-order valence-corrected chi connectivity index (χ0v) is 23.3. The van der Waals surface area contributed by atoms with Gasteiger partial charge in [-0.15, -0.1) is 10.3 Å². The van der Waals surface area contributed by atoms with Crippen molar-refractivity contribution in [2.45, 2.75) is 53.4 Å². The Morgan fingerprint density at radius 1 is 1.15 bits per heavy atom. The third kappa shape index (κ3) is 18.2. The number of carbonyl (C=O) groups excluding carboxylic acids is 1. The van der Waals surface area contributed by atoms with E-state index in [-0.39, 0.29) is 12.3 Å². The first-order chi connectivity index (χ1) is 15.4. The van der Waals surface area contributed by atoms with Crippen LogP contribution in [0.5, 0.6) is 5.75 Å². The Bertz CT molecular complexity index is 644. The van der Waals surface area contributed by atoms with Gasteiger partial charge in [-0.1, -0.05) is 33.8 Å². The van der Waals surface area contributed by atoms with Crippen LogP contribution in [0.1, 0.15) is 58.9 Å². The number of rotatable bonds is 5. The van der Waals surface area contributed by atoms with Gasteiger partial charge >= 0.3 is 12.1 Å². The zero-order chi connectivity index (χ0) is 26.6. The van der Waals surface area contributed by atoms with Crippen LogP contribution in [0.2, 0.25) is 0 Å². The Labute approximate surface area is 203 Å². The van der Waals surface area contributed by atoms with Gasteiger partial charge in [-0.3, -0.25) is 4.79 Å². The summed E-state index contributed by atoms with van der Waals surface area (Å²) in [5.74, 6) is -0.256. The standard InChI is InChI=1S/C15H20N2O4.C3H10OS.C2H6O.2C2H6/c1-3-17(2)15(20)21-12-6-4-5-11-14(12)10(9-16-11)7-8-13(18)19;1-5(2,3)4;1-3-2;2*1-2/h4-6,10,16H,3,7-9H2,1-2H3,(H,18,19);4H,1-3H3;1-2H3;2*1-2H3. The summed E-state index contributed by atoms with van der Waals surface area (Å²) in [4.78, 5) is 24.1. The first-order valence-corrected chi connectivity index (χ1v) is 14.1. The van der Waals surface area contributed by atoms with Crippen molar-refractivity contribution in [1.29, 1.82) is 0 Å². The van der Waals surface area contributed by atoms with E-state index in [9.17, 15) is 9.59 Å². The van der Waals surface area contributed by atoms with Crippen molar-refractivity contribution in [3.8, 4) is 5.75 Å². The molecular weight excluding hydrogens is 444 g/mol. The molecule has 1 aliphatic heterocycles. The molecule has 0 aliphatic carbocycles. The Hall–Kier alpha value is -1.97. The Morgan fingerprint density at radius 3 is 2.06 bits per heavy atom. The van der Waals surface area contributed by atoms with E-state index in [4.69, 9.17) is 14.4 Å². The predicted octanol–water partition coefficient (Wildman–Crippen LogP) is 5.98. The number of methoxy groups -OCH3 is 1. The lowest BCUT2D eigenvalue weighted by Gasteiger charge is -2.17. The second kappa shape index (κ2) is 20.6. The largest absolute Gasteiger partial charge is 0.481 e. The van der Waals surface area contributed by atoms with E-state index in [1.807, 2.05) is 65.5 Å². The highest BCUT2D eigenvalue weighted by Crippen LogP contribution is 2.40. The first-order valence-electron chi connectivity index (χ1n) is 11.3. The summed E-state index contributed by atoms with van der Waals surface area (Å²) in [6.45, 7) is 11.1. The molecule has 1 heterocycles. The fraction of sp³-hybridized carbons (Fsp3) is 0.667. The smallest absolute Gasteiger partial charge is 0.414 e. The zero-order valence-electron chi connectivity index (χ0n) is 22.5. The minimum Gasteiger partial charge on any atom is -0.481 e. The van der Waals surface area contributed by atoms with Crippen molar-refractivity contribution in [2.24, 2.45) is 0 Å². The highest BCUT2D eigenvalue weighted by atomic mass is 32.3. The van der Waals surface area contributed by atoms with Crippen LogP contribution in [0.15, 0.2) is 18.2 Å². The number of carboxylic acids is 1. The molecule has 0 saturated carbocycles. The number of carboxylic acid groups (broad SMARTS) is 1. The van der Waals surface area contributed by atoms with Crippen molar-refractivity contribution in [1.82, 2.24) is 4.90 Å². The van der Waals surface area contributed by atoms with Crippen LogP contribution >= 0.6 is 10.3 Å². The van der Waals surface area contributed by atoms with Gasteiger partial charge < -0.3 is 29.3 Å². The van der Waals surface area contributed by atoms with Gasteiger partial charge in [0.25, 0.3) is 0 Å². The molecule has 0 saturated heterocycles. The van der Waals surface area contributed by atoms with E-state index >= 15 is 0 Å². The number of nitrogens with zero attached hydrogens (tertiary/aromatic N) is 1. The van der Waals surface area contributed by atoms with Gasteiger partial charge in [0.2, 0.25) is 0 Å². The predicted molar refractivity (Wildman–Crippen MR) is 142 cm³/mol. The van der Waals surface area contributed by atoms with Crippen LogP contribution in [-0.2, 0) is 9.53 Å². The molecule has 2 rings (SSSR count). The molecule has 1 aromatic rings. The summed E-state index contributed by atoms with van der Waals surface area (Å²) in [6, 6.07) is 5.48. The lowest BCUT2D eigenvalue weighted by molar-refractivity contribution is -0.137. The van der Waals surface area contributed by atoms with E-state index in [1.54, 1.807) is 27.3 Å². The van der Waals surface area contributed by atoms with E-state index in [2.05, 4.69) is 10.1 Å². The molecular formula is C24H48N2O6S. The number of carbonyl (C=O) groups is 2. The van der Waals surface area contributed by atoms with E-state index in [0.717, 1.165) is 11.3 Å². The van der Waals surface area contributed by atoms with Gasteiger partial charge in [-0.25, -0.2) is 4.79 Å². The van der Waals surface area contributed by atoms with Gasteiger partial charge in [0.05, 0.1) is 0 Å². The van der Waals surface area contributed by atoms with Crippen molar-refractivity contribution in [2.75, 3.05) is 58.4 Å². The van der Waals surface area contributed by atoms with E-state index in [1.165, 1.54) is 4.90 Å². The molecule has 0 spiro atoms. The summed E-state index contributed by atoms with van der Waals surface area (Å²) in [6.07, 6.45) is 5.69. The maximum absolute atomic E-state index is 11.9. The molecule has 196 valence electrons. The van der Waals surface area contributed by atoms with Crippen molar-refractivity contribution in [3.05, 3.63) is 23.8 Å². The Morgan fingerprint density at radius 2 is 1.64 bits per heavy atom. The number of hydrogen-bond donors (Lipinski definition) is 3. The fourth-order valence-electron chi connectivity index (χ4n) is 2.39. The minimum atomic E-state index is -1.17. The molecule has 8 nitrogen and oxygen atoms in total. The summed E-state index contributed by atoms with van der Waals surface area (Å²) in [7, 11) is 3.76. The molecule has 1 aliphatic rings. The van der Waals surface area contributed by atoms with Gasteiger partial charge in [-0.05, 0) is 44.2 Å². The van der Waals surface area contributed by atoms with Gasteiger partial charge in [0.15, 0.2) is 0 Å². The molecule has 1 unspecified atom stereocenters. The van der Waals surface area contributed by atoms with Crippen LogP contribution in [0.25, 0.3) is 0 Å². The highest BCUT2D eigenvalue weighted by molar-refractivity contribution is 8.27. The van der Waals surface area contributed by atoms with Crippen molar-refractivity contribution >= 4 is 28.1 Å². The Kier molecular flexibility index (Phi) is 22.3. The molecule has 0 aromatic heterocycles. The maximum Gasteiger partial charge on any atom is 0.414 e. The number of fused-ring (bicyclic) bond motifs is 1. The van der Waals surface area contributed by atoms with Crippen LogP contribution in [0, 0.1) is 0 Å². The van der Waals surface area contributed by atoms with Crippen molar-refractivity contribution in [3.63, 3.8) is 0 Å². The molecule has 0 fully saturated rings. The minimum absolute atomic E-state index is 0.0482. The lowest BCUT2D eigenvalue weighted by atomic mass is 9.95. The Balaban J connectivity index is -0.000000632. The molecule has 9 heteroatoms. The number of anilines is 1. The van der Waals surface area contributed by atoms with Crippen molar-refractivity contribution < 1.29 is 28.7 Å². The summed E-state index contributed by atoms with van der Waals surface area (Å²) >= 11 is 0. The summed E-state index contributed by atoms with van der Waals surface area (Å²) < 4.78 is 18.3. The number of aliphatic carboxylic acids is 1. The number of amides is 1. The van der Waals surface area contributed by atoms with Crippen LogP contribution in [0.4, 0.5) is 10.5 Å². The lowest BCUT2D eigenvalue weighted by Crippen LogP contribution is -2.29. The molecule has 0 radical (unpaired) electrons. The second-order valence-corrected chi connectivity index (χ2v) is 10.8. The topological polar surface area (TPSA) is 108 Å². The third-order valence-electron chi connectivity index (χ3n) is 3.70. The van der Waals surface area contributed by atoms with E-state index < -0.39 is 22.4 Å². The monoisotopic (exact) mass is 492 g/mol. The number of nitrogens with one attached hydrogen (secondary N) is 1. The fourth-order valence-corrected chi connectivity index (χ4v) is 2.39. The molecule has 1 aromatic carbocycles. The normalized spacial score (nSPS) is 13.4. The number of benzene rings is 1. The molecule has 0 bridgehead atoms. The van der Waals surface area contributed by atoms with Gasteiger partial charge in [-0.2, -0.15) is 0 Å². The highest BCUT2D eigenvalue weighted by Gasteiger charge is 2.27. The van der Waals surface area contributed by atoms with E-state index in [0.29, 0.717) is 25.3 Å². The maximum atomic E-state index is 11.9. The van der Waals surface area contributed by atoms with Gasteiger partial charge in [0.1, 0.15) is 5.75 Å². The summed E-state index contributed by atoms with van der Waals surface area (Å²) in [5.41, 5.74) is 1.81. The quantitative estimate of drug-likeness (QED) is 0.464. The second-order valence-electron chi connectivity index (χ2n) is 7.29. The van der Waals surface area contributed by atoms with Crippen LogP contribution in [0.3, 0.4) is 0 Å². The van der Waals surface area contributed by atoms with Gasteiger partial charge in [0, 0.05) is 57.9 Å². The average Bonchev–Trinajstić information content (AvgIpc) is 3.18. The molecule has 1 amide bonds. The number of ether oxygens (including phenoxy) is 2. The molecule has 1 atom stereocenters. The molecule has 33 heavy (non-hydrogen) atoms. The van der Waals surface area contributed by atoms with Crippen LogP contribution < -0.4 is 10.1 Å². The third-order valence-corrected chi connectivity index (χ3v) is 3.70. The number of hydrogen-bond acceptors (Lipinski definition) is 6. The first kappa shape index (κ1) is 35.6. The SMILES string of the molecule is CC.CC.CCN(C)C(=O)Oc1cccc2c1C(CCC(=O)O)CN2.COC.CS(C)(C)O.